The lowest BCUT2D eigenvalue weighted by molar-refractivity contribution is -0.141. The molecular formula is C17H14Cl2N4O2. The van der Waals surface area contributed by atoms with Crippen LogP contribution < -0.4 is 0 Å². The summed E-state index contributed by atoms with van der Waals surface area (Å²) in [5.74, 6) is -0.169. The van der Waals surface area contributed by atoms with Crippen molar-refractivity contribution < 1.29 is 9.90 Å². The molecular weight excluding hydrogens is 363 g/mol. The number of hydrogen-bond donors (Lipinski definition) is 1. The fourth-order valence-corrected chi connectivity index (χ4v) is 3.02. The Morgan fingerprint density at radius 3 is 2.36 bits per heavy atom. The van der Waals surface area contributed by atoms with Gasteiger partial charge in [-0.15, -0.1) is 5.10 Å². The Bertz CT molecular complexity index is 892. The molecule has 2 heterocycles. The molecule has 0 saturated carbocycles. The van der Waals surface area contributed by atoms with Crippen LogP contribution in [-0.4, -0.2) is 30.8 Å². The van der Waals surface area contributed by atoms with E-state index in [9.17, 15) is 9.90 Å². The van der Waals surface area contributed by atoms with E-state index >= 15 is 0 Å². The minimum absolute atomic E-state index is 0.357. The number of hydrogen-bond acceptors (Lipinski definition) is 4. The van der Waals surface area contributed by atoms with E-state index in [2.05, 4.69) is 15.1 Å². The van der Waals surface area contributed by atoms with Gasteiger partial charge in [-0.25, -0.2) is 14.5 Å². The van der Waals surface area contributed by atoms with E-state index in [4.69, 9.17) is 23.2 Å². The summed E-state index contributed by atoms with van der Waals surface area (Å²) < 4.78 is 1.42. The lowest BCUT2D eigenvalue weighted by atomic mass is 10.2. The van der Waals surface area contributed by atoms with E-state index in [1.807, 2.05) is 0 Å². The Morgan fingerprint density at radius 1 is 1.16 bits per heavy atom. The second kappa shape index (κ2) is 7.21. The van der Waals surface area contributed by atoms with Crippen LogP contribution in [0.25, 0.3) is 22.8 Å². The summed E-state index contributed by atoms with van der Waals surface area (Å²) in [6.07, 6.45) is 3.60. The van der Waals surface area contributed by atoms with E-state index in [1.165, 1.54) is 4.68 Å². The topological polar surface area (TPSA) is 80.9 Å². The second-order valence-electron chi connectivity index (χ2n) is 5.36. The zero-order chi connectivity index (χ0) is 18.0. The third kappa shape index (κ3) is 3.65. The van der Waals surface area contributed by atoms with Crippen molar-refractivity contribution >= 4 is 29.2 Å². The molecule has 128 valence electrons. The summed E-state index contributed by atoms with van der Waals surface area (Å²) in [4.78, 5) is 20.1. The first-order valence-electron chi connectivity index (χ1n) is 7.55. The quantitative estimate of drug-likeness (QED) is 0.715. The third-order valence-corrected chi connectivity index (χ3v) is 4.09. The molecule has 8 heteroatoms. The number of carbonyl (C=O) groups is 1. The number of aliphatic carboxylic acids is 1. The standard InChI is InChI=1S/C17H14Cl2N4O2/c1-2-14(17(24)25)23-16(10-3-5-20-6-4-10)21-15(22-23)11-7-12(18)9-13(19)8-11/h3-9,14H,2H2,1H3,(H,24,25). The molecule has 1 N–H and O–H groups in total. The largest absolute Gasteiger partial charge is 0.480 e. The zero-order valence-electron chi connectivity index (χ0n) is 13.2. The van der Waals surface area contributed by atoms with Crippen LogP contribution in [0.3, 0.4) is 0 Å². The molecule has 0 saturated heterocycles. The summed E-state index contributed by atoms with van der Waals surface area (Å²) in [5, 5.41) is 14.8. The van der Waals surface area contributed by atoms with Gasteiger partial charge in [-0.3, -0.25) is 4.98 Å². The highest BCUT2D eigenvalue weighted by molar-refractivity contribution is 6.35. The minimum atomic E-state index is -0.974. The lowest BCUT2D eigenvalue weighted by Gasteiger charge is -2.12. The van der Waals surface area contributed by atoms with E-state index in [0.717, 1.165) is 5.56 Å². The average Bonchev–Trinajstić information content (AvgIpc) is 3.00. The molecule has 1 atom stereocenters. The van der Waals surface area contributed by atoms with Crippen LogP contribution in [0.5, 0.6) is 0 Å². The van der Waals surface area contributed by atoms with Gasteiger partial charge in [0.25, 0.3) is 0 Å². The summed E-state index contributed by atoms with van der Waals surface area (Å²) in [7, 11) is 0. The first kappa shape index (κ1) is 17.4. The Morgan fingerprint density at radius 2 is 1.80 bits per heavy atom. The SMILES string of the molecule is CCC(C(=O)O)n1nc(-c2cc(Cl)cc(Cl)c2)nc1-c1ccncc1. The van der Waals surface area contributed by atoms with Crippen molar-refractivity contribution in [1.29, 1.82) is 0 Å². The second-order valence-corrected chi connectivity index (χ2v) is 6.23. The molecule has 0 aliphatic carbocycles. The van der Waals surface area contributed by atoms with Crippen LogP contribution in [0.15, 0.2) is 42.7 Å². The summed E-state index contributed by atoms with van der Waals surface area (Å²) in [6, 6.07) is 7.66. The van der Waals surface area contributed by atoms with Crippen molar-refractivity contribution in [2.24, 2.45) is 0 Å². The van der Waals surface area contributed by atoms with Gasteiger partial charge in [0.15, 0.2) is 17.7 Å². The summed E-state index contributed by atoms with van der Waals surface area (Å²) in [5.41, 5.74) is 1.34. The Labute approximate surface area is 154 Å². The highest BCUT2D eigenvalue weighted by atomic mass is 35.5. The van der Waals surface area contributed by atoms with Crippen LogP contribution in [-0.2, 0) is 4.79 Å². The molecule has 6 nitrogen and oxygen atoms in total. The summed E-state index contributed by atoms with van der Waals surface area (Å²) >= 11 is 12.1. The molecule has 0 fully saturated rings. The first-order valence-corrected chi connectivity index (χ1v) is 8.31. The molecule has 0 radical (unpaired) electrons. The maximum absolute atomic E-state index is 11.6. The predicted molar refractivity (Wildman–Crippen MR) is 95.7 cm³/mol. The van der Waals surface area contributed by atoms with Crippen LogP contribution in [0, 0.1) is 0 Å². The highest BCUT2D eigenvalue weighted by Crippen LogP contribution is 2.29. The molecule has 0 bridgehead atoms. The zero-order valence-corrected chi connectivity index (χ0v) is 14.7. The highest BCUT2D eigenvalue weighted by Gasteiger charge is 2.24. The van der Waals surface area contributed by atoms with Crippen molar-refractivity contribution in [3.05, 3.63) is 52.8 Å². The van der Waals surface area contributed by atoms with E-state index in [0.29, 0.717) is 33.7 Å². The van der Waals surface area contributed by atoms with Gasteiger partial charge in [-0.1, -0.05) is 30.1 Å². The van der Waals surface area contributed by atoms with Crippen LogP contribution in [0.4, 0.5) is 0 Å². The molecule has 1 unspecified atom stereocenters. The molecule has 1 aromatic carbocycles. The van der Waals surface area contributed by atoms with Gasteiger partial charge < -0.3 is 5.11 Å². The van der Waals surface area contributed by atoms with Gasteiger partial charge in [-0.05, 0) is 36.8 Å². The van der Waals surface area contributed by atoms with Crippen molar-refractivity contribution in [1.82, 2.24) is 19.7 Å². The van der Waals surface area contributed by atoms with Gasteiger partial charge in [0.05, 0.1) is 0 Å². The van der Waals surface area contributed by atoms with Gasteiger partial charge in [0.2, 0.25) is 0 Å². The number of carboxylic acid groups (broad SMARTS) is 1. The van der Waals surface area contributed by atoms with Gasteiger partial charge in [-0.2, -0.15) is 0 Å². The maximum atomic E-state index is 11.6. The predicted octanol–water partition coefficient (Wildman–Crippen LogP) is 4.35. The monoisotopic (exact) mass is 376 g/mol. The number of pyridine rings is 1. The van der Waals surface area contributed by atoms with Crippen LogP contribution in [0.2, 0.25) is 10.0 Å². The smallest absolute Gasteiger partial charge is 0.328 e. The van der Waals surface area contributed by atoms with Crippen LogP contribution in [0.1, 0.15) is 19.4 Å². The van der Waals surface area contributed by atoms with E-state index < -0.39 is 12.0 Å². The molecule has 0 spiro atoms. The van der Waals surface area contributed by atoms with Crippen molar-refractivity contribution in [2.45, 2.75) is 19.4 Å². The number of carboxylic acids is 1. The van der Waals surface area contributed by atoms with Gasteiger partial charge >= 0.3 is 5.97 Å². The van der Waals surface area contributed by atoms with Gasteiger partial charge in [0.1, 0.15) is 0 Å². The minimum Gasteiger partial charge on any atom is -0.480 e. The molecule has 25 heavy (non-hydrogen) atoms. The molecule has 0 aliphatic heterocycles. The normalized spacial score (nSPS) is 12.1. The third-order valence-electron chi connectivity index (χ3n) is 3.66. The Kier molecular flexibility index (Phi) is 5.01. The van der Waals surface area contributed by atoms with Crippen molar-refractivity contribution in [3.63, 3.8) is 0 Å². The number of benzene rings is 1. The average molecular weight is 377 g/mol. The number of halogens is 2. The fourth-order valence-electron chi connectivity index (χ4n) is 2.50. The molecule has 3 aromatic rings. The number of aromatic nitrogens is 4. The lowest BCUT2D eigenvalue weighted by Crippen LogP contribution is -2.20. The number of rotatable bonds is 5. The van der Waals surface area contributed by atoms with Gasteiger partial charge in [0, 0.05) is 33.6 Å². The Balaban J connectivity index is 2.19. The summed E-state index contributed by atoms with van der Waals surface area (Å²) in [6.45, 7) is 1.78. The molecule has 0 amide bonds. The van der Waals surface area contributed by atoms with Crippen molar-refractivity contribution in [3.8, 4) is 22.8 Å². The van der Waals surface area contributed by atoms with E-state index in [1.54, 1.807) is 49.6 Å². The molecule has 3 rings (SSSR count). The molecule has 2 aromatic heterocycles. The van der Waals surface area contributed by atoms with E-state index in [-0.39, 0.29) is 0 Å². The van der Waals surface area contributed by atoms with Crippen molar-refractivity contribution in [2.75, 3.05) is 0 Å². The fraction of sp³-hybridized carbons (Fsp3) is 0.176. The number of nitrogens with zero attached hydrogens (tertiary/aromatic N) is 4. The Hall–Kier alpha value is -2.44. The molecule has 0 aliphatic rings. The maximum Gasteiger partial charge on any atom is 0.328 e. The van der Waals surface area contributed by atoms with Crippen LogP contribution >= 0.6 is 23.2 Å². The first-order chi connectivity index (χ1) is 12.0.